The predicted molar refractivity (Wildman–Crippen MR) is 131 cm³/mol. The summed E-state index contributed by atoms with van der Waals surface area (Å²) in [5.41, 5.74) is -0.625. The van der Waals surface area contributed by atoms with Crippen molar-refractivity contribution in [2.75, 3.05) is 52.7 Å². The lowest BCUT2D eigenvalue weighted by Crippen LogP contribution is -2.53. The van der Waals surface area contributed by atoms with Crippen molar-refractivity contribution in [2.45, 2.75) is 32.4 Å². The van der Waals surface area contributed by atoms with E-state index in [4.69, 9.17) is 4.74 Å². The molecule has 1 aromatic rings. The molecule has 2 rings (SSSR count). The molecule has 1 aromatic heterocycles. The minimum Gasteiger partial charge on any atom is -0.379 e. The fourth-order valence-corrected chi connectivity index (χ4v) is 5.28. The summed E-state index contributed by atoms with van der Waals surface area (Å²) in [6.45, 7) is 10.2. The van der Waals surface area contributed by atoms with Crippen LogP contribution in [0.3, 0.4) is 0 Å². The van der Waals surface area contributed by atoms with Gasteiger partial charge in [0.2, 0.25) is 10.0 Å². The van der Waals surface area contributed by atoms with Gasteiger partial charge in [0.15, 0.2) is 5.96 Å². The van der Waals surface area contributed by atoms with Crippen molar-refractivity contribution in [3.63, 3.8) is 0 Å². The van der Waals surface area contributed by atoms with Crippen LogP contribution in [0.4, 0.5) is 0 Å². The molecule has 29 heavy (non-hydrogen) atoms. The second-order valence-electron chi connectivity index (χ2n) is 7.68. The van der Waals surface area contributed by atoms with Crippen LogP contribution in [0.5, 0.6) is 0 Å². The summed E-state index contributed by atoms with van der Waals surface area (Å²) in [6.07, 6.45) is 1.16. The molecule has 0 spiro atoms. The van der Waals surface area contributed by atoms with Gasteiger partial charge in [-0.05, 0) is 32.9 Å². The van der Waals surface area contributed by atoms with Crippen LogP contribution in [0.2, 0.25) is 0 Å². The third-order valence-corrected chi connectivity index (χ3v) is 6.45. The van der Waals surface area contributed by atoms with E-state index in [9.17, 15) is 8.42 Å². The molecular weight excluding hydrogens is 525 g/mol. The number of guanidine groups is 1. The van der Waals surface area contributed by atoms with Crippen molar-refractivity contribution in [1.29, 1.82) is 0 Å². The van der Waals surface area contributed by atoms with Gasteiger partial charge >= 0.3 is 0 Å². The Morgan fingerprint density at radius 2 is 1.97 bits per heavy atom. The highest BCUT2D eigenvalue weighted by Gasteiger charge is 2.25. The van der Waals surface area contributed by atoms with Crippen molar-refractivity contribution in [3.05, 3.63) is 21.9 Å². The van der Waals surface area contributed by atoms with Crippen LogP contribution in [-0.2, 0) is 14.8 Å². The molecule has 8 nitrogen and oxygen atoms in total. The van der Waals surface area contributed by atoms with Crippen LogP contribution in [0.15, 0.2) is 17.1 Å². The Morgan fingerprint density at radius 1 is 1.31 bits per heavy atom. The third-order valence-electron chi connectivity index (χ3n) is 4.42. The molecule has 0 bridgehead atoms. The number of thiophene rings is 1. The summed E-state index contributed by atoms with van der Waals surface area (Å²) in [7, 11) is -1.56. The molecule has 1 saturated heterocycles. The summed E-state index contributed by atoms with van der Waals surface area (Å²) in [5.74, 6) is 0.648. The van der Waals surface area contributed by atoms with Gasteiger partial charge in [0.25, 0.3) is 0 Å². The van der Waals surface area contributed by atoms with Gasteiger partial charge in [0, 0.05) is 48.5 Å². The number of sulfonamides is 1. The molecule has 1 unspecified atom stereocenters. The van der Waals surface area contributed by atoms with Gasteiger partial charge in [-0.1, -0.05) is 0 Å². The largest absolute Gasteiger partial charge is 0.379 e. The van der Waals surface area contributed by atoms with Crippen LogP contribution in [-0.4, -0.2) is 77.5 Å². The van der Waals surface area contributed by atoms with Gasteiger partial charge in [-0.3, -0.25) is 9.89 Å². The predicted octanol–water partition coefficient (Wildman–Crippen LogP) is 1.54. The molecule has 0 radical (unpaired) electrons. The SMILES string of the molecule is CN=C(NCC(c1ccc(C)s1)N1CCOCC1)NCC(C)(C)NS(C)(=O)=O.I. The highest BCUT2D eigenvalue weighted by Crippen LogP contribution is 2.27. The molecule has 0 aliphatic carbocycles. The van der Waals surface area contributed by atoms with Gasteiger partial charge in [-0.25, -0.2) is 13.1 Å². The molecule has 0 amide bonds. The Kier molecular flexibility index (Phi) is 10.8. The first kappa shape index (κ1) is 26.6. The van der Waals surface area contributed by atoms with Crippen LogP contribution in [0.1, 0.15) is 29.6 Å². The topological polar surface area (TPSA) is 95.1 Å². The first-order chi connectivity index (χ1) is 13.1. The van der Waals surface area contributed by atoms with Gasteiger partial charge in [-0.15, -0.1) is 35.3 Å². The van der Waals surface area contributed by atoms with Crippen molar-refractivity contribution >= 4 is 51.3 Å². The fourth-order valence-electron chi connectivity index (χ4n) is 3.19. The van der Waals surface area contributed by atoms with Crippen LogP contribution < -0.4 is 15.4 Å². The highest BCUT2D eigenvalue weighted by molar-refractivity contribution is 14.0. The molecule has 1 aliphatic rings. The summed E-state index contributed by atoms with van der Waals surface area (Å²) in [5, 5.41) is 6.62. The quantitative estimate of drug-likeness (QED) is 0.254. The van der Waals surface area contributed by atoms with Crippen LogP contribution in [0.25, 0.3) is 0 Å². The average Bonchev–Trinajstić information content (AvgIpc) is 3.03. The number of aliphatic imine (C=N–C) groups is 1. The summed E-state index contributed by atoms with van der Waals surface area (Å²) in [6, 6.07) is 4.58. The Morgan fingerprint density at radius 3 is 2.48 bits per heavy atom. The zero-order valence-corrected chi connectivity index (χ0v) is 21.8. The number of ether oxygens (including phenoxy) is 1. The molecule has 1 atom stereocenters. The highest BCUT2D eigenvalue weighted by atomic mass is 127. The monoisotopic (exact) mass is 559 g/mol. The van der Waals surface area contributed by atoms with Crippen molar-refractivity contribution in [2.24, 2.45) is 4.99 Å². The lowest BCUT2D eigenvalue weighted by atomic mass is 10.1. The van der Waals surface area contributed by atoms with Crippen LogP contribution >= 0.6 is 35.3 Å². The number of aryl methyl sites for hydroxylation is 1. The second-order valence-corrected chi connectivity index (χ2v) is 10.7. The van der Waals surface area contributed by atoms with E-state index in [1.54, 1.807) is 7.05 Å². The number of morpholine rings is 1. The molecule has 11 heteroatoms. The Balaban J connectivity index is 0.00000420. The Bertz CT molecular complexity index is 761. The van der Waals surface area contributed by atoms with E-state index in [2.05, 4.69) is 44.3 Å². The average molecular weight is 560 g/mol. The van der Waals surface area contributed by atoms with Crippen molar-refractivity contribution in [1.82, 2.24) is 20.3 Å². The van der Waals surface area contributed by atoms with Gasteiger partial charge in [0.1, 0.15) is 0 Å². The summed E-state index contributed by atoms with van der Waals surface area (Å²) < 4.78 is 31.2. The van der Waals surface area contributed by atoms with Crippen molar-refractivity contribution < 1.29 is 13.2 Å². The zero-order valence-electron chi connectivity index (χ0n) is 17.8. The van der Waals surface area contributed by atoms with Crippen molar-refractivity contribution in [3.8, 4) is 0 Å². The lowest BCUT2D eigenvalue weighted by Gasteiger charge is -2.34. The molecule has 3 N–H and O–H groups in total. The summed E-state index contributed by atoms with van der Waals surface area (Å²) >= 11 is 1.81. The first-order valence-electron chi connectivity index (χ1n) is 9.41. The third kappa shape index (κ3) is 9.47. The number of hydrogen-bond donors (Lipinski definition) is 3. The van der Waals surface area contributed by atoms with E-state index in [1.807, 2.05) is 25.2 Å². The van der Waals surface area contributed by atoms with Gasteiger partial charge in [-0.2, -0.15) is 0 Å². The zero-order chi connectivity index (χ0) is 20.8. The number of nitrogens with zero attached hydrogens (tertiary/aromatic N) is 2. The minimum absolute atomic E-state index is 0. The maximum Gasteiger partial charge on any atom is 0.209 e. The number of nitrogens with one attached hydrogen (secondary N) is 3. The summed E-state index contributed by atoms with van der Waals surface area (Å²) in [4.78, 5) is 9.33. The van der Waals surface area contributed by atoms with E-state index < -0.39 is 15.6 Å². The molecule has 1 fully saturated rings. The minimum atomic E-state index is -3.28. The normalized spacial score (nSPS) is 17.5. The number of hydrogen-bond acceptors (Lipinski definition) is 6. The Labute approximate surface area is 195 Å². The lowest BCUT2D eigenvalue weighted by molar-refractivity contribution is 0.0177. The second kappa shape index (κ2) is 11.8. The standard InChI is InChI=1S/C18H33N5O3S2.HI/c1-14-6-7-16(27-14)15(23-8-10-26-11-9-23)12-20-17(19-4)21-13-18(2,3)22-28(5,24)25;/h6-7,15,22H,8-13H2,1-5H3,(H2,19,20,21);1H. The molecule has 2 heterocycles. The maximum absolute atomic E-state index is 11.5. The fraction of sp³-hybridized carbons (Fsp3) is 0.722. The van der Waals surface area contributed by atoms with E-state index in [0.717, 1.165) is 32.6 Å². The molecule has 0 aromatic carbocycles. The molecule has 168 valence electrons. The molecule has 1 aliphatic heterocycles. The van der Waals surface area contributed by atoms with Gasteiger partial charge in [0.05, 0.1) is 25.5 Å². The molecular formula is C18H34IN5O3S2. The maximum atomic E-state index is 11.5. The number of halogens is 1. The van der Waals surface area contributed by atoms with E-state index in [1.165, 1.54) is 9.75 Å². The van der Waals surface area contributed by atoms with E-state index in [-0.39, 0.29) is 30.0 Å². The van der Waals surface area contributed by atoms with E-state index in [0.29, 0.717) is 19.0 Å². The van der Waals surface area contributed by atoms with Gasteiger partial charge < -0.3 is 15.4 Å². The first-order valence-corrected chi connectivity index (χ1v) is 12.1. The number of rotatable bonds is 8. The van der Waals surface area contributed by atoms with E-state index >= 15 is 0 Å². The smallest absolute Gasteiger partial charge is 0.209 e. The Hall–Kier alpha value is -0.470. The molecule has 0 saturated carbocycles. The van der Waals surface area contributed by atoms with Crippen LogP contribution in [0, 0.1) is 6.92 Å².